The predicted octanol–water partition coefficient (Wildman–Crippen LogP) is 1.57. The molecule has 3 atom stereocenters. The molecule has 1 aromatic rings. The van der Waals surface area contributed by atoms with Crippen LogP contribution in [0.15, 0.2) is 24.3 Å². The second kappa shape index (κ2) is 6.17. The summed E-state index contributed by atoms with van der Waals surface area (Å²) in [4.78, 5) is 37.9. The van der Waals surface area contributed by atoms with E-state index in [1.165, 1.54) is 5.56 Å². The van der Waals surface area contributed by atoms with E-state index in [9.17, 15) is 19.5 Å². The minimum Gasteiger partial charge on any atom is -0.481 e. The first-order chi connectivity index (χ1) is 11.7. The van der Waals surface area contributed by atoms with E-state index >= 15 is 0 Å². The van der Waals surface area contributed by atoms with Gasteiger partial charge >= 0.3 is 5.97 Å². The fourth-order valence-corrected chi connectivity index (χ4v) is 3.79. The lowest BCUT2D eigenvalue weighted by Crippen LogP contribution is -2.42. The van der Waals surface area contributed by atoms with Crippen LogP contribution in [0.25, 0.3) is 0 Å². The first kappa shape index (κ1) is 17.5. The van der Waals surface area contributed by atoms with Crippen molar-refractivity contribution < 1.29 is 19.5 Å². The number of benzene rings is 1. The Hall–Kier alpha value is -2.37. The molecule has 3 rings (SSSR count). The van der Waals surface area contributed by atoms with Crippen molar-refractivity contribution in [2.45, 2.75) is 39.8 Å². The average Bonchev–Trinajstić information content (AvgIpc) is 2.99. The summed E-state index contributed by atoms with van der Waals surface area (Å²) in [5, 5.41) is 12.0. The van der Waals surface area contributed by atoms with Gasteiger partial charge in [0.1, 0.15) is 6.04 Å². The molecule has 6 nitrogen and oxygen atoms in total. The third-order valence-electron chi connectivity index (χ3n) is 5.48. The number of aliphatic carboxylic acids is 1. The van der Waals surface area contributed by atoms with Gasteiger partial charge in [-0.1, -0.05) is 43.7 Å². The molecule has 2 fully saturated rings. The number of nitrogens with zero attached hydrogens (tertiary/aromatic N) is 1. The Morgan fingerprint density at radius 3 is 2.44 bits per heavy atom. The molecule has 0 bridgehead atoms. The van der Waals surface area contributed by atoms with Gasteiger partial charge in [0.25, 0.3) is 0 Å². The van der Waals surface area contributed by atoms with Crippen LogP contribution in [-0.4, -0.2) is 40.4 Å². The number of carboxylic acids is 1. The first-order valence-electron chi connectivity index (χ1n) is 8.59. The molecule has 0 radical (unpaired) electrons. The van der Waals surface area contributed by atoms with Crippen LogP contribution in [0.1, 0.15) is 31.4 Å². The van der Waals surface area contributed by atoms with Gasteiger partial charge in [-0.25, -0.2) is 0 Å². The normalized spacial score (nSPS) is 27.2. The van der Waals surface area contributed by atoms with Crippen LogP contribution in [0.2, 0.25) is 0 Å². The molecule has 1 heterocycles. The van der Waals surface area contributed by atoms with Gasteiger partial charge in [0.15, 0.2) is 0 Å². The minimum absolute atomic E-state index is 0.0979. The fraction of sp³-hybridized carbons (Fsp3) is 0.526. The quantitative estimate of drug-likeness (QED) is 0.849. The summed E-state index contributed by atoms with van der Waals surface area (Å²) in [5.74, 6) is -2.62. The Morgan fingerprint density at radius 2 is 1.88 bits per heavy atom. The molecule has 2 amide bonds. The molecule has 0 spiro atoms. The lowest BCUT2D eigenvalue weighted by molar-refractivity contribution is -0.140. The van der Waals surface area contributed by atoms with E-state index in [0.29, 0.717) is 19.5 Å². The summed E-state index contributed by atoms with van der Waals surface area (Å²) >= 11 is 0. The smallest absolute Gasteiger partial charge is 0.307 e. The van der Waals surface area contributed by atoms with Gasteiger partial charge in [0, 0.05) is 13.1 Å². The molecule has 1 aromatic carbocycles. The average molecular weight is 344 g/mol. The number of carbonyl (C=O) groups is 3. The summed E-state index contributed by atoms with van der Waals surface area (Å²) in [6, 6.07) is 7.47. The summed E-state index contributed by atoms with van der Waals surface area (Å²) < 4.78 is 0. The number of carboxylic acid groups (broad SMARTS) is 1. The van der Waals surface area contributed by atoms with E-state index in [1.807, 2.05) is 31.2 Å². The van der Waals surface area contributed by atoms with Crippen molar-refractivity contribution in [3.8, 4) is 0 Å². The third-order valence-corrected chi connectivity index (χ3v) is 5.48. The topological polar surface area (TPSA) is 86.7 Å². The van der Waals surface area contributed by atoms with E-state index in [2.05, 4.69) is 5.32 Å². The maximum Gasteiger partial charge on any atom is 0.307 e. The van der Waals surface area contributed by atoms with E-state index in [0.717, 1.165) is 5.56 Å². The van der Waals surface area contributed by atoms with Crippen LogP contribution in [-0.2, 0) is 20.9 Å². The number of carbonyl (C=O) groups excluding carboxylic acids is 2. The minimum atomic E-state index is -0.955. The zero-order valence-electron chi connectivity index (χ0n) is 14.8. The first-order valence-corrected chi connectivity index (χ1v) is 8.59. The van der Waals surface area contributed by atoms with Crippen molar-refractivity contribution in [1.82, 2.24) is 10.2 Å². The summed E-state index contributed by atoms with van der Waals surface area (Å²) in [6.07, 6.45) is 0.557. The van der Waals surface area contributed by atoms with Gasteiger partial charge in [-0.15, -0.1) is 0 Å². The van der Waals surface area contributed by atoms with Gasteiger partial charge < -0.3 is 15.3 Å². The molecule has 6 heteroatoms. The van der Waals surface area contributed by atoms with Crippen molar-refractivity contribution in [2.24, 2.45) is 17.3 Å². The monoisotopic (exact) mass is 344 g/mol. The molecule has 1 aliphatic carbocycles. The SMILES string of the molecule is Cc1ccc(CN2CCC(NC(=O)[C@@H]3[C@H](C(=O)O)C3(C)C)C2=O)cc1. The van der Waals surface area contributed by atoms with Gasteiger partial charge in [0.2, 0.25) is 11.8 Å². The molecule has 134 valence electrons. The highest BCUT2D eigenvalue weighted by molar-refractivity contribution is 5.95. The van der Waals surface area contributed by atoms with E-state index in [-0.39, 0.29) is 11.8 Å². The Morgan fingerprint density at radius 1 is 1.24 bits per heavy atom. The fourth-order valence-electron chi connectivity index (χ4n) is 3.79. The van der Waals surface area contributed by atoms with Crippen LogP contribution in [0.3, 0.4) is 0 Å². The maximum absolute atomic E-state index is 12.5. The van der Waals surface area contributed by atoms with E-state index in [1.54, 1.807) is 18.7 Å². The zero-order valence-corrected chi connectivity index (χ0v) is 14.8. The van der Waals surface area contributed by atoms with E-state index < -0.39 is 29.3 Å². The summed E-state index contributed by atoms with van der Waals surface area (Å²) in [7, 11) is 0. The number of rotatable bonds is 5. The van der Waals surface area contributed by atoms with Crippen molar-refractivity contribution in [1.29, 1.82) is 0 Å². The highest BCUT2D eigenvalue weighted by Gasteiger charge is 2.66. The Balaban J connectivity index is 1.58. The second-order valence-corrected chi connectivity index (χ2v) is 7.71. The van der Waals surface area contributed by atoms with Crippen LogP contribution >= 0.6 is 0 Å². The van der Waals surface area contributed by atoms with Crippen LogP contribution in [0.4, 0.5) is 0 Å². The maximum atomic E-state index is 12.5. The van der Waals surface area contributed by atoms with Gasteiger partial charge in [0.05, 0.1) is 11.8 Å². The largest absolute Gasteiger partial charge is 0.481 e. The number of nitrogens with one attached hydrogen (secondary N) is 1. The number of likely N-dealkylation sites (tertiary alicyclic amines) is 1. The Bertz CT molecular complexity index is 711. The highest BCUT2D eigenvalue weighted by atomic mass is 16.4. The number of hydrogen-bond donors (Lipinski definition) is 2. The van der Waals surface area contributed by atoms with Gasteiger partial charge in [-0.05, 0) is 24.3 Å². The lowest BCUT2D eigenvalue weighted by Gasteiger charge is -2.17. The van der Waals surface area contributed by atoms with Crippen LogP contribution in [0.5, 0.6) is 0 Å². The molecule has 1 aliphatic heterocycles. The van der Waals surface area contributed by atoms with Crippen molar-refractivity contribution in [2.75, 3.05) is 6.54 Å². The van der Waals surface area contributed by atoms with Crippen molar-refractivity contribution >= 4 is 17.8 Å². The van der Waals surface area contributed by atoms with Crippen LogP contribution < -0.4 is 5.32 Å². The van der Waals surface area contributed by atoms with Gasteiger partial charge in [-0.3, -0.25) is 14.4 Å². The predicted molar refractivity (Wildman–Crippen MR) is 91.5 cm³/mol. The summed E-state index contributed by atoms with van der Waals surface area (Å²) in [5.41, 5.74) is 1.67. The van der Waals surface area contributed by atoms with Gasteiger partial charge in [-0.2, -0.15) is 0 Å². The number of aryl methyl sites for hydroxylation is 1. The Kier molecular flexibility index (Phi) is 4.31. The second-order valence-electron chi connectivity index (χ2n) is 7.71. The lowest BCUT2D eigenvalue weighted by atomic mass is 10.1. The Labute approximate surface area is 147 Å². The molecule has 1 saturated heterocycles. The molecule has 25 heavy (non-hydrogen) atoms. The molecular weight excluding hydrogens is 320 g/mol. The van der Waals surface area contributed by atoms with Crippen molar-refractivity contribution in [3.05, 3.63) is 35.4 Å². The van der Waals surface area contributed by atoms with Crippen molar-refractivity contribution in [3.63, 3.8) is 0 Å². The standard InChI is InChI=1S/C19H24N2O4/c1-11-4-6-12(7-5-11)10-21-9-8-13(17(21)23)20-16(22)14-15(18(24)25)19(14,2)3/h4-7,13-15H,8-10H2,1-3H3,(H,20,22)(H,24,25)/t13?,14-,15+/m0/s1. The zero-order chi connectivity index (χ0) is 18.4. The molecule has 1 saturated carbocycles. The number of amides is 2. The molecule has 0 aromatic heterocycles. The molecule has 2 aliphatic rings. The van der Waals surface area contributed by atoms with E-state index in [4.69, 9.17) is 0 Å². The molecule has 2 N–H and O–H groups in total. The molecule has 1 unspecified atom stereocenters. The van der Waals surface area contributed by atoms with Crippen LogP contribution in [0, 0.1) is 24.2 Å². The highest BCUT2D eigenvalue weighted by Crippen LogP contribution is 2.58. The summed E-state index contributed by atoms with van der Waals surface area (Å²) in [6.45, 7) is 6.68. The molecular formula is C19H24N2O4. The number of hydrogen-bond acceptors (Lipinski definition) is 3. The third kappa shape index (κ3) is 3.25.